The minimum absolute atomic E-state index is 0.0596. The number of cyclic esters (lactones) is 2. The Bertz CT molecular complexity index is 1310. The van der Waals surface area contributed by atoms with Crippen LogP contribution in [0.4, 0.5) is 0 Å². The van der Waals surface area contributed by atoms with Crippen LogP contribution in [0.25, 0.3) is 0 Å². The molecule has 2 unspecified atom stereocenters. The van der Waals surface area contributed by atoms with Crippen molar-refractivity contribution in [3.05, 3.63) is 35.9 Å². The Balaban J connectivity index is 1.19. The third-order valence-corrected chi connectivity index (χ3v) is 11.7. The molecule has 1 aliphatic carbocycles. The Hall–Kier alpha value is -3.10. The first-order valence-corrected chi connectivity index (χ1v) is 19.8. The third-order valence-electron chi connectivity index (χ3n) is 11.7. The van der Waals surface area contributed by atoms with E-state index in [0.717, 1.165) is 70.1 Å². The Morgan fingerprint density at radius 2 is 1.69 bits per heavy atom. The zero-order valence-electron chi connectivity index (χ0n) is 30.6. The van der Waals surface area contributed by atoms with Crippen molar-refractivity contribution in [1.29, 1.82) is 0 Å². The maximum absolute atomic E-state index is 14.2. The molecule has 1 saturated carbocycles. The van der Waals surface area contributed by atoms with Crippen molar-refractivity contribution >= 4 is 23.8 Å². The quantitative estimate of drug-likeness (QED) is 0.260. The fraction of sp³-hybridized carbons (Fsp3) is 0.744. The van der Waals surface area contributed by atoms with Gasteiger partial charge in [-0.2, -0.15) is 0 Å². The molecule has 6 atom stereocenters. The molecule has 5 aliphatic heterocycles. The van der Waals surface area contributed by atoms with Crippen LogP contribution < -0.4 is 16.0 Å². The van der Waals surface area contributed by atoms with Gasteiger partial charge in [0.1, 0.15) is 18.8 Å². The SMILES string of the molecule is O=C1CCCC(CN2CCOCC2)OC(=O)[C@H](O)[C@H](CC2CCCCC2)NC(=O)C(NC(=O)[C@H](Cc2ccccc2)N[C@@H]2CN3CCC2CC3)CO1. The molecule has 5 heterocycles. The lowest BCUT2D eigenvalue weighted by molar-refractivity contribution is -0.163. The third kappa shape index (κ3) is 11.2. The van der Waals surface area contributed by atoms with Crippen molar-refractivity contribution in [2.75, 3.05) is 59.1 Å². The highest BCUT2D eigenvalue weighted by atomic mass is 16.6. The highest BCUT2D eigenvalue weighted by molar-refractivity contribution is 5.91. The number of carbonyl (C=O) groups is 4. The van der Waals surface area contributed by atoms with Crippen LogP contribution in [0.5, 0.6) is 0 Å². The number of fused-ring (bicyclic) bond motifs is 3. The number of esters is 2. The van der Waals surface area contributed by atoms with Gasteiger partial charge in [-0.05, 0) is 69.0 Å². The maximum Gasteiger partial charge on any atom is 0.337 e. The van der Waals surface area contributed by atoms with E-state index in [-0.39, 0.29) is 30.9 Å². The van der Waals surface area contributed by atoms with Gasteiger partial charge in [0.2, 0.25) is 11.8 Å². The summed E-state index contributed by atoms with van der Waals surface area (Å²) in [4.78, 5) is 59.4. The van der Waals surface area contributed by atoms with Crippen LogP contribution in [0, 0.1) is 11.8 Å². The molecule has 6 fully saturated rings. The van der Waals surface area contributed by atoms with Gasteiger partial charge < -0.3 is 40.2 Å². The summed E-state index contributed by atoms with van der Waals surface area (Å²) in [6.07, 6.45) is 6.85. The molecule has 6 aliphatic rings. The van der Waals surface area contributed by atoms with Crippen molar-refractivity contribution < 1.29 is 38.5 Å². The van der Waals surface area contributed by atoms with E-state index in [2.05, 4.69) is 25.8 Å². The average Bonchev–Trinajstić information content (AvgIpc) is 3.16. The standard InChI is InChI=1S/C39H59N5O8/c45-35-13-7-12-30(24-44-18-20-50-21-19-44)52-39(49)36(46)31(22-27-8-3-1-4-9-27)41-38(48)34(26-51-35)42-37(47)32(23-28-10-5-2-6-11-28)40-33-25-43-16-14-29(33)15-17-43/h2,5-6,10-11,27,29-34,36,40,46H,1,3-4,7-9,12-26H2,(H,41,48)(H,42,47)/t30?,31-,32-,33+,34?,36+/m0/s1. The van der Waals surface area contributed by atoms with Crippen molar-refractivity contribution in [3.8, 4) is 0 Å². The van der Waals surface area contributed by atoms with E-state index in [1.807, 2.05) is 30.3 Å². The van der Waals surface area contributed by atoms with E-state index in [1.54, 1.807) is 0 Å². The number of piperidine rings is 3. The Morgan fingerprint density at radius 1 is 0.942 bits per heavy atom. The van der Waals surface area contributed by atoms with Crippen LogP contribution in [0.2, 0.25) is 0 Å². The lowest BCUT2D eigenvalue weighted by atomic mass is 9.83. The van der Waals surface area contributed by atoms with Gasteiger partial charge in [-0.15, -0.1) is 0 Å². The molecule has 1 aromatic carbocycles. The molecule has 1 aromatic rings. The first-order chi connectivity index (χ1) is 25.3. The number of nitrogens with one attached hydrogen (secondary N) is 3. The van der Waals surface area contributed by atoms with Gasteiger partial charge in [-0.3, -0.25) is 19.3 Å². The molecule has 288 valence electrons. The fourth-order valence-electron chi connectivity index (χ4n) is 8.66. The van der Waals surface area contributed by atoms with Crippen LogP contribution in [0.15, 0.2) is 30.3 Å². The van der Waals surface area contributed by atoms with Gasteiger partial charge in [0.25, 0.3) is 0 Å². The van der Waals surface area contributed by atoms with Gasteiger partial charge in [0, 0.05) is 38.6 Å². The van der Waals surface area contributed by atoms with Crippen LogP contribution >= 0.6 is 0 Å². The maximum atomic E-state index is 14.2. The van der Waals surface area contributed by atoms with Crippen LogP contribution in [0.3, 0.4) is 0 Å². The first kappa shape index (κ1) is 38.6. The molecule has 52 heavy (non-hydrogen) atoms. The molecule has 2 amide bonds. The first-order valence-electron chi connectivity index (χ1n) is 19.8. The van der Waals surface area contributed by atoms with Gasteiger partial charge in [-0.1, -0.05) is 62.4 Å². The second kappa shape index (κ2) is 19.3. The van der Waals surface area contributed by atoms with E-state index < -0.39 is 48.2 Å². The number of ether oxygens (including phenoxy) is 3. The molecule has 13 nitrogen and oxygen atoms in total. The molecule has 0 radical (unpaired) electrons. The normalized spacial score (nSPS) is 32.2. The Morgan fingerprint density at radius 3 is 2.40 bits per heavy atom. The number of aliphatic hydroxyl groups is 1. The zero-order chi connectivity index (χ0) is 36.3. The molecule has 5 saturated heterocycles. The zero-order valence-corrected chi connectivity index (χ0v) is 30.6. The van der Waals surface area contributed by atoms with Gasteiger partial charge >= 0.3 is 11.9 Å². The van der Waals surface area contributed by atoms with Crippen molar-refractivity contribution in [2.24, 2.45) is 11.8 Å². The van der Waals surface area contributed by atoms with Crippen LogP contribution in [-0.2, 0) is 39.8 Å². The summed E-state index contributed by atoms with van der Waals surface area (Å²) < 4.78 is 17.0. The molecule has 0 aromatic heterocycles. The average molecular weight is 726 g/mol. The van der Waals surface area contributed by atoms with E-state index in [4.69, 9.17) is 14.2 Å². The number of hydrogen-bond acceptors (Lipinski definition) is 11. The van der Waals surface area contributed by atoms with E-state index in [1.165, 1.54) is 0 Å². The molecule has 7 rings (SSSR count). The number of amides is 2. The molecular formula is C39H59N5O8. The largest absolute Gasteiger partial charge is 0.463 e. The molecular weight excluding hydrogens is 666 g/mol. The molecule has 13 heteroatoms. The lowest BCUT2D eigenvalue weighted by Gasteiger charge is -2.46. The number of rotatable bonds is 10. The summed E-state index contributed by atoms with van der Waals surface area (Å²) in [5.74, 6) is -1.57. The number of aliphatic hydroxyl groups excluding tert-OH is 1. The lowest BCUT2D eigenvalue weighted by Crippen LogP contribution is -2.62. The van der Waals surface area contributed by atoms with Gasteiger partial charge in [0.15, 0.2) is 6.10 Å². The van der Waals surface area contributed by atoms with Crippen molar-refractivity contribution in [1.82, 2.24) is 25.8 Å². The summed E-state index contributed by atoms with van der Waals surface area (Å²) in [5, 5.41) is 21.0. The van der Waals surface area contributed by atoms with Gasteiger partial charge in [-0.25, -0.2) is 4.79 Å². The summed E-state index contributed by atoms with van der Waals surface area (Å²) >= 11 is 0. The summed E-state index contributed by atoms with van der Waals surface area (Å²) in [6, 6.07) is 7.13. The van der Waals surface area contributed by atoms with Crippen LogP contribution in [-0.4, -0.2) is 134 Å². The smallest absolute Gasteiger partial charge is 0.337 e. The van der Waals surface area contributed by atoms with E-state index in [9.17, 15) is 24.3 Å². The summed E-state index contributed by atoms with van der Waals surface area (Å²) in [7, 11) is 0. The minimum atomic E-state index is -1.59. The van der Waals surface area contributed by atoms with Crippen molar-refractivity contribution in [2.45, 2.75) is 113 Å². The van der Waals surface area contributed by atoms with E-state index >= 15 is 0 Å². The van der Waals surface area contributed by atoms with Gasteiger partial charge in [0.05, 0.1) is 25.3 Å². The predicted octanol–water partition coefficient (Wildman–Crippen LogP) is 1.55. The Kier molecular flexibility index (Phi) is 14.3. The highest BCUT2D eigenvalue weighted by Gasteiger charge is 2.39. The number of hydrogen-bond donors (Lipinski definition) is 4. The van der Waals surface area contributed by atoms with E-state index in [0.29, 0.717) is 64.4 Å². The van der Waals surface area contributed by atoms with Crippen molar-refractivity contribution in [3.63, 3.8) is 0 Å². The summed E-state index contributed by atoms with van der Waals surface area (Å²) in [5.41, 5.74) is 0.986. The summed E-state index contributed by atoms with van der Waals surface area (Å²) in [6.45, 7) is 5.70. The molecule has 2 bridgehead atoms. The monoisotopic (exact) mass is 725 g/mol. The van der Waals surface area contributed by atoms with Crippen LogP contribution in [0.1, 0.15) is 76.2 Å². The number of nitrogens with zero attached hydrogens (tertiary/aromatic N) is 2. The number of carbonyl (C=O) groups excluding carboxylic acids is 4. The Labute approximate surface area is 307 Å². The highest BCUT2D eigenvalue weighted by Crippen LogP contribution is 2.29. The topological polar surface area (TPSA) is 159 Å². The minimum Gasteiger partial charge on any atom is -0.463 e. The second-order valence-corrected chi connectivity index (χ2v) is 15.6. The number of morpholine rings is 1. The second-order valence-electron chi connectivity index (χ2n) is 15.6. The fourth-order valence-corrected chi connectivity index (χ4v) is 8.66. The predicted molar refractivity (Wildman–Crippen MR) is 193 cm³/mol. The molecule has 4 N–H and O–H groups in total. The number of benzene rings is 1. The molecule has 0 spiro atoms.